The van der Waals surface area contributed by atoms with Crippen LogP contribution in [0.1, 0.15) is 46.7 Å². The van der Waals surface area contributed by atoms with Crippen molar-refractivity contribution < 1.29 is 19.5 Å². The zero-order valence-electron chi connectivity index (χ0n) is 16.1. The molecule has 3 heterocycles. The number of carboxylic acids is 1. The summed E-state index contributed by atoms with van der Waals surface area (Å²) in [6.45, 7) is 0. The van der Waals surface area contributed by atoms with Crippen molar-refractivity contribution in [1.29, 1.82) is 0 Å². The van der Waals surface area contributed by atoms with Crippen molar-refractivity contribution >= 4 is 51.7 Å². The second-order valence-electron chi connectivity index (χ2n) is 6.81. The third-order valence-corrected chi connectivity index (χ3v) is 6.74. The lowest BCUT2D eigenvalue weighted by atomic mass is 9.99. The molecule has 3 aromatic rings. The number of rotatable bonds is 7. The van der Waals surface area contributed by atoms with E-state index in [0.717, 1.165) is 48.8 Å². The third kappa shape index (κ3) is 5.09. The molecule has 1 fully saturated rings. The zero-order valence-corrected chi connectivity index (χ0v) is 17.8. The monoisotopic (exact) mass is 458 g/mol. The molecular weight excluding hydrogens is 440 g/mol. The number of pyridine rings is 1. The standard InChI is InChI=1S/C19H18N6O4S2/c26-14(10-3-1-2-4-10)12-9-11(5-6-20-12)23-17(29)25-19-24-13(15(27)28)16(31-19)30-18-21-7-8-22-18/h5-10H,1-4H2,(H,21,22)(H,27,28)(H2,20,23,24,25,29). The Kier molecular flexibility index (Phi) is 6.28. The number of amides is 2. The molecule has 1 aliphatic rings. The number of H-pyrrole nitrogens is 1. The summed E-state index contributed by atoms with van der Waals surface area (Å²) in [7, 11) is 0. The van der Waals surface area contributed by atoms with Crippen LogP contribution in [0.4, 0.5) is 15.6 Å². The first-order chi connectivity index (χ1) is 15.0. The number of ketones is 1. The Morgan fingerprint density at radius 3 is 2.68 bits per heavy atom. The first-order valence-corrected chi connectivity index (χ1v) is 11.1. The molecule has 4 N–H and O–H groups in total. The van der Waals surface area contributed by atoms with Crippen molar-refractivity contribution in [3.05, 3.63) is 42.1 Å². The molecule has 2 amide bonds. The predicted octanol–water partition coefficient (Wildman–Crippen LogP) is 4.13. The second kappa shape index (κ2) is 9.27. The number of aromatic amines is 1. The number of carboxylic acid groups (broad SMARTS) is 1. The van der Waals surface area contributed by atoms with Crippen molar-refractivity contribution in [1.82, 2.24) is 19.9 Å². The number of imidazole rings is 1. The van der Waals surface area contributed by atoms with Crippen LogP contribution in [-0.4, -0.2) is 42.8 Å². The maximum Gasteiger partial charge on any atom is 0.356 e. The van der Waals surface area contributed by atoms with Crippen molar-refractivity contribution in [3.8, 4) is 0 Å². The van der Waals surface area contributed by atoms with Gasteiger partial charge in [-0.2, -0.15) is 0 Å². The smallest absolute Gasteiger partial charge is 0.356 e. The molecule has 4 rings (SSSR count). The van der Waals surface area contributed by atoms with Gasteiger partial charge in [0.05, 0.1) is 0 Å². The lowest BCUT2D eigenvalue weighted by Gasteiger charge is -2.09. The lowest BCUT2D eigenvalue weighted by molar-refractivity contribution is 0.0687. The van der Waals surface area contributed by atoms with Crippen LogP contribution < -0.4 is 10.6 Å². The summed E-state index contributed by atoms with van der Waals surface area (Å²) in [6.07, 6.45) is 8.47. The van der Waals surface area contributed by atoms with Crippen LogP contribution in [0, 0.1) is 5.92 Å². The molecule has 0 aliphatic heterocycles. The molecule has 10 nitrogen and oxygen atoms in total. The Labute approximate surface area is 184 Å². The van der Waals surface area contributed by atoms with Crippen molar-refractivity contribution in [2.24, 2.45) is 5.92 Å². The Morgan fingerprint density at radius 2 is 1.97 bits per heavy atom. The van der Waals surface area contributed by atoms with Gasteiger partial charge in [-0.15, -0.1) is 0 Å². The van der Waals surface area contributed by atoms with Crippen LogP contribution in [0.5, 0.6) is 0 Å². The second-order valence-corrected chi connectivity index (χ2v) is 9.07. The molecule has 31 heavy (non-hydrogen) atoms. The van der Waals surface area contributed by atoms with E-state index in [4.69, 9.17) is 0 Å². The number of aromatic carboxylic acids is 1. The zero-order chi connectivity index (χ0) is 21.8. The SMILES string of the molecule is O=C(Nc1ccnc(C(=O)C2CCCC2)c1)Nc1nc(C(=O)O)c(Sc2ncc[nH]2)s1. The minimum atomic E-state index is -1.21. The van der Waals surface area contributed by atoms with Gasteiger partial charge in [0.1, 0.15) is 9.90 Å². The van der Waals surface area contributed by atoms with E-state index in [9.17, 15) is 19.5 Å². The van der Waals surface area contributed by atoms with Gasteiger partial charge in [-0.25, -0.2) is 19.6 Å². The number of thiazole rings is 1. The number of nitrogens with zero attached hydrogens (tertiary/aromatic N) is 3. The van der Waals surface area contributed by atoms with Crippen LogP contribution in [0.2, 0.25) is 0 Å². The fraction of sp³-hybridized carbons (Fsp3) is 0.263. The highest BCUT2D eigenvalue weighted by atomic mass is 32.2. The van der Waals surface area contributed by atoms with Crippen molar-refractivity contribution in [2.75, 3.05) is 10.6 Å². The average molecular weight is 459 g/mol. The Hall–Kier alpha value is -3.25. The maximum absolute atomic E-state index is 12.5. The number of anilines is 2. The highest BCUT2D eigenvalue weighted by molar-refractivity contribution is 8.01. The van der Waals surface area contributed by atoms with E-state index in [2.05, 4.69) is 30.6 Å². The van der Waals surface area contributed by atoms with Gasteiger partial charge in [0, 0.05) is 30.2 Å². The van der Waals surface area contributed by atoms with Crippen LogP contribution in [-0.2, 0) is 0 Å². The van der Waals surface area contributed by atoms with Crippen LogP contribution in [0.3, 0.4) is 0 Å². The maximum atomic E-state index is 12.5. The summed E-state index contributed by atoms with van der Waals surface area (Å²) in [5.74, 6) is -1.22. The van der Waals surface area contributed by atoms with Gasteiger partial charge in [-0.3, -0.25) is 15.1 Å². The van der Waals surface area contributed by atoms with E-state index in [0.29, 0.717) is 20.7 Å². The molecule has 1 saturated carbocycles. The van der Waals surface area contributed by atoms with E-state index < -0.39 is 12.0 Å². The minimum Gasteiger partial charge on any atom is -0.476 e. The Morgan fingerprint density at radius 1 is 1.16 bits per heavy atom. The highest BCUT2D eigenvalue weighted by Gasteiger charge is 2.25. The quantitative estimate of drug-likeness (QED) is 0.386. The largest absolute Gasteiger partial charge is 0.476 e. The fourth-order valence-corrected chi connectivity index (χ4v) is 5.23. The first-order valence-electron chi connectivity index (χ1n) is 9.49. The molecule has 160 valence electrons. The molecule has 0 atom stereocenters. The highest BCUT2D eigenvalue weighted by Crippen LogP contribution is 2.36. The first kappa shape index (κ1) is 21.0. The van der Waals surface area contributed by atoms with Crippen molar-refractivity contribution in [3.63, 3.8) is 0 Å². The number of hydrogen-bond acceptors (Lipinski definition) is 8. The molecule has 12 heteroatoms. The van der Waals surface area contributed by atoms with Gasteiger partial charge >= 0.3 is 12.0 Å². The number of carbonyl (C=O) groups excluding carboxylic acids is 2. The molecule has 0 aromatic carbocycles. The van der Waals surface area contributed by atoms with Gasteiger partial charge in [0.2, 0.25) is 0 Å². The van der Waals surface area contributed by atoms with E-state index in [1.807, 2.05) is 0 Å². The molecular formula is C19H18N6O4S2. The molecule has 0 spiro atoms. The molecule has 0 radical (unpaired) electrons. The van der Waals surface area contributed by atoms with Crippen LogP contribution in [0.25, 0.3) is 0 Å². The number of urea groups is 1. The average Bonchev–Trinajstić information content (AvgIpc) is 3.50. The summed E-state index contributed by atoms with van der Waals surface area (Å²) in [6, 6.07) is 2.52. The van der Waals surface area contributed by atoms with E-state index >= 15 is 0 Å². The summed E-state index contributed by atoms with van der Waals surface area (Å²) in [5.41, 5.74) is 0.563. The summed E-state index contributed by atoms with van der Waals surface area (Å²) in [4.78, 5) is 51.5. The number of Topliss-reactive ketones (excluding diaryl/α,β-unsaturated/α-hetero) is 1. The topological polar surface area (TPSA) is 150 Å². The van der Waals surface area contributed by atoms with Gasteiger partial charge < -0.3 is 15.4 Å². The van der Waals surface area contributed by atoms with Gasteiger partial charge in [-0.05, 0) is 36.7 Å². The van der Waals surface area contributed by atoms with Crippen LogP contribution >= 0.6 is 23.1 Å². The molecule has 0 saturated heterocycles. The van der Waals surface area contributed by atoms with Crippen LogP contribution in [0.15, 0.2) is 40.1 Å². The molecule has 3 aromatic heterocycles. The van der Waals surface area contributed by atoms with E-state index in [-0.39, 0.29) is 22.5 Å². The van der Waals surface area contributed by atoms with E-state index in [1.165, 1.54) is 6.20 Å². The van der Waals surface area contributed by atoms with Gasteiger partial charge in [0.25, 0.3) is 0 Å². The van der Waals surface area contributed by atoms with E-state index in [1.54, 1.807) is 24.5 Å². The molecule has 1 aliphatic carbocycles. The van der Waals surface area contributed by atoms with Crippen molar-refractivity contribution in [2.45, 2.75) is 35.0 Å². The fourth-order valence-electron chi connectivity index (χ4n) is 3.26. The lowest BCUT2D eigenvalue weighted by Crippen LogP contribution is -2.20. The predicted molar refractivity (Wildman–Crippen MR) is 115 cm³/mol. The summed E-state index contributed by atoms with van der Waals surface area (Å²) < 4.78 is 0.381. The van der Waals surface area contributed by atoms with Gasteiger partial charge in [-0.1, -0.05) is 24.2 Å². The minimum absolute atomic E-state index is 0.00725. The summed E-state index contributed by atoms with van der Waals surface area (Å²) >= 11 is 2.13. The number of carbonyl (C=O) groups is 3. The van der Waals surface area contributed by atoms with Gasteiger partial charge in [0.15, 0.2) is 21.8 Å². The normalized spacial score (nSPS) is 13.8. The number of aromatic nitrogens is 4. The Balaban J connectivity index is 1.43. The number of nitrogens with one attached hydrogen (secondary N) is 3. The third-order valence-electron chi connectivity index (χ3n) is 4.68. The summed E-state index contributed by atoms with van der Waals surface area (Å²) in [5, 5.41) is 15.2. The molecule has 0 bridgehead atoms. The number of hydrogen-bond donors (Lipinski definition) is 4. The Bertz CT molecular complexity index is 1110. The molecule has 0 unspecified atom stereocenters.